The number of alkyl halides is 3. The van der Waals surface area contributed by atoms with Crippen LogP contribution in [0.5, 0.6) is 5.75 Å². The van der Waals surface area contributed by atoms with E-state index in [2.05, 4.69) is 15.9 Å². The molecular formula is C15H18BrF3O3. The van der Waals surface area contributed by atoms with Crippen molar-refractivity contribution in [3.63, 3.8) is 0 Å². The van der Waals surface area contributed by atoms with Crippen LogP contribution in [0.3, 0.4) is 0 Å². The number of rotatable bonds is 3. The summed E-state index contributed by atoms with van der Waals surface area (Å²) in [7, 11) is 0. The monoisotopic (exact) mass is 382 g/mol. The summed E-state index contributed by atoms with van der Waals surface area (Å²) in [4.78, 5) is 12.1. The van der Waals surface area contributed by atoms with Crippen molar-refractivity contribution in [1.82, 2.24) is 0 Å². The molecule has 7 heteroatoms. The topological polar surface area (TPSA) is 35.5 Å². The summed E-state index contributed by atoms with van der Waals surface area (Å²) >= 11 is 3.00. The van der Waals surface area contributed by atoms with Crippen LogP contribution < -0.4 is 4.74 Å². The van der Waals surface area contributed by atoms with E-state index in [-0.39, 0.29) is 10.2 Å². The van der Waals surface area contributed by atoms with E-state index in [1.807, 2.05) is 0 Å². The molecule has 0 amide bonds. The van der Waals surface area contributed by atoms with Crippen molar-refractivity contribution >= 4 is 21.9 Å². The molecule has 0 aliphatic rings. The second-order valence-corrected chi connectivity index (χ2v) is 7.20. The van der Waals surface area contributed by atoms with E-state index in [1.54, 1.807) is 20.8 Å². The summed E-state index contributed by atoms with van der Waals surface area (Å²) < 4.78 is 49.2. The molecule has 1 aromatic rings. The van der Waals surface area contributed by atoms with E-state index in [4.69, 9.17) is 9.47 Å². The van der Waals surface area contributed by atoms with E-state index < -0.39 is 28.9 Å². The van der Waals surface area contributed by atoms with E-state index in [9.17, 15) is 18.0 Å². The zero-order valence-electron chi connectivity index (χ0n) is 13.0. The van der Waals surface area contributed by atoms with Gasteiger partial charge < -0.3 is 9.47 Å². The molecule has 124 valence electrons. The Morgan fingerprint density at radius 2 is 1.59 bits per heavy atom. The van der Waals surface area contributed by atoms with Gasteiger partial charge in [-0.2, -0.15) is 13.2 Å². The first-order valence-electron chi connectivity index (χ1n) is 6.51. The third kappa shape index (κ3) is 5.51. The molecule has 1 aromatic carbocycles. The molecule has 0 saturated carbocycles. The summed E-state index contributed by atoms with van der Waals surface area (Å²) in [6.45, 7) is 7.97. The van der Waals surface area contributed by atoms with Crippen LogP contribution in [0.1, 0.15) is 40.2 Å². The van der Waals surface area contributed by atoms with E-state index >= 15 is 0 Å². The molecule has 0 atom stereocenters. The maximum Gasteiger partial charge on any atom is 0.416 e. The Morgan fingerprint density at radius 3 is 2.05 bits per heavy atom. The Balaban J connectivity index is 3.03. The van der Waals surface area contributed by atoms with Gasteiger partial charge in [-0.05, 0) is 52.8 Å². The molecule has 0 unspecified atom stereocenters. The minimum Gasteiger partial charge on any atom is -0.476 e. The second kappa shape index (κ2) is 6.10. The van der Waals surface area contributed by atoms with Crippen LogP contribution in [0.4, 0.5) is 13.2 Å². The van der Waals surface area contributed by atoms with Gasteiger partial charge in [0, 0.05) is 4.47 Å². The molecule has 0 N–H and O–H groups in total. The maximum absolute atomic E-state index is 12.8. The number of carbonyl (C=O) groups is 1. The van der Waals surface area contributed by atoms with Crippen LogP contribution in [0.2, 0.25) is 0 Å². The minimum absolute atomic E-state index is 0.0717. The molecular weight excluding hydrogens is 365 g/mol. The zero-order valence-corrected chi connectivity index (χ0v) is 14.6. The highest BCUT2D eigenvalue weighted by molar-refractivity contribution is 9.10. The van der Waals surface area contributed by atoms with Crippen LogP contribution in [0, 0.1) is 0 Å². The quantitative estimate of drug-likeness (QED) is 0.692. The Morgan fingerprint density at radius 1 is 1.05 bits per heavy atom. The summed E-state index contributed by atoms with van der Waals surface area (Å²) in [6, 6.07) is 3.14. The largest absolute Gasteiger partial charge is 0.476 e. The maximum atomic E-state index is 12.8. The first-order valence-corrected chi connectivity index (χ1v) is 7.30. The van der Waals surface area contributed by atoms with Gasteiger partial charge in [-0.25, -0.2) is 4.79 Å². The van der Waals surface area contributed by atoms with E-state index in [0.717, 1.165) is 12.1 Å². The molecule has 0 aliphatic heterocycles. The predicted molar refractivity (Wildman–Crippen MR) is 79.7 cm³/mol. The molecule has 3 nitrogen and oxygen atoms in total. The number of ether oxygens (including phenoxy) is 2. The van der Waals surface area contributed by atoms with Crippen LogP contribution in [-0.4, -0.2) is 17.2 Å². The Labute approximate surface area is 135 Å². The number of hydrogen-bond donors (Lipinski definition) is 0. The molecule has 22 heavy (non-hydrogen) atoms. The van der Waals surface area contributed by atoms with Gasteiger partial charge in [-0.3, -0.25) is 0 Å². The molecule has 0 radical (unpaired) electrons. The lowest BCUT2D eigenvalue weighted by Crippen LogP contribution is -2.43. The van der Waals surface area contributed by atoms with E-state index in [1.165, 1.54) is 19.9 Å². The van der Waals surface area contributed by atoms with Crippen molar-refractivity contribution in [1.29, 1.82) is 0 Å². The summed E-state index contributed by atoms with van der Waals surface area (Å²) in [6.07, 6.45) is -4.50. The first kappa shape index (κ1) is 18.8. The van der Waals surface area contributed by atoms with Crippen molar-refractivity contribution in [2.75, 3.05) is 0 Å². The minimum atomic E-state index is -4.50. The molecule has 0 spiro atoms. The van der Waals surface area contributed by atoms with Gasteiger partial charge in [-0.15, -0.1) is 0 Å². The number of esters is 1. The van der Waals surface area contributed by atoms with E-state index in [0.29, 0.717) is 0 Å². The Kier molecular flexibility index (Phi) is 5.22. The van der Waals surface area contributed by atoms with Gasteiger partial charge in [0.1, 0.15) is 11.4 Å². The lowest BCUT2D eigenvalue weighted by molar-refractivity contribution is -0.170. The van der Waals surface area contributed by atoms with Gasteiger partial charge in [0.15, 0.2) is 5.60 Å². The van der Waals surface area contributed by atoms with Crippen molar-refractivity contribution in [2.45, 2.75) is 52.0 Å². The number of halogens is 4. The molecule has 0 bridgehead atoms. The van der Waals surface area contributed by atoms with Crippen LogP contribution in [0.15, 0.2) is 22.7 Å². The van der Waals surface area contributed by atoms with Crippen LogP contribution >= 0.6 is 15.9 Å². The highest BCUT2D eigenvalue weighted by Gasteiger charge is 2.36. The third-order valence-electron chi connectivity index (χ3n) is 2.46. The Hall–Kier alpha value is -1.24. The van der Waals surface area contributed by atoms with Gasteiger partial charge in [0.2, 0.25) is 0 Å². The fraction of sp³-hybridized carbons (Fsp3) is 0.533. The Bertz CT molecular complexity index is 560. The van der Waals surface area contributed by atoms with Gasteiger partial charge in [-0.1, -0.05) is 15.9 Å². The second-order valence-electron chi connectivity index (χ2n) is 6.29. The average Bonchev–Trinajstić information content (AvgIpc) is 2.23. The smallest absolute Gasteiger partial charge is 0.416 e. The summed E-state index contributed by atoms with van der Waals surface area (Å²) in [5, 5.41) is 0. The molecule has 0 aliphatic carbocycles. The first-order chi connectivity index (χ1) is 9.71. The average molecular weight is 383 g/mol. The number of hydrogen-bond acceptors (Lipinski definition) is 3. The molecule has 0 saturated heterocycles. The van der Waals surface area contributed by atoms with Gasteiger partial charge in [0.05, 0.1) is 5.56 Å². The van der Waals surface area contributed by atoms with Crippen LogP contribution in [0.25, 0.3) is 0 Å². The SMILES string of the molecule is CC(C)(C)OC(=O)C(C)(C)Oc1cc(Br)cc(C(F)(F)F)c1. The standard InChI is InChI=1S/C15H18BrF3O3/c1-13(2,3)22-12(20)14(4,5)21-11-7-9(15(17,18)19)6-10(16)8-11/h6-8H,1-5H3. The summed E-state index contributed by atoms with van der Waals surface area (Å²) in [5.41, 5.74) is -3.00. The molecule has 0 fully saturated rings. The third-order valence-corrected chi connectivity index (χ3v) is 2.92. The van der Waals surface area contributed by atoms with Crippen molar-refractivity contribution < 1.29 is 27.4 Å². The van der Waals surface area contributed by atoms with Gasteiger partial charge in [0.25, 0.3) is 0 Å². The fourth-order valence-corrected chi connectivity index (χ4v) is 1.99. The number of carbonyl (C=O) groups excluding carboxylic acids is 1. The van der Waals surface area contributed by atoms with Crippen molar-refractivity contribution in [3.8, 4) is 5.75 Å². The fourth-order valence-electron chi connectivity index (χ4n) is 1.52. The molecule has 0 aromatic heterocycles. The lowest BCUT2D eigenvalue weighted by atomic mass is 10.1. The molecule has 0 heterocycles. The van der Waals surface area contributed by atoms with Crippen LogP contribution in [-0.2, 0) is 15.7 Å². The van der Waals surface area contributed by atoms with Gasteiger partial charge >= 0.3 is 12.1 Å². The zero-order chi connectivity index (χ0) is 17.3. The highest BCUT2D eigenvalue weighted by atomic mass is 79.9. The lowest BCUT2D eigenvalue weighted by Gasteiger charge is -2.29. The molecule has 1 rings (SSSR count). The normalized spacial score (nSPS) is 13.0. The van der Waals surface area contributed by atoms with Crippen molar-refractivity contribution in [2.24, 2.45) is 0 Å². The number of benzene rings is 1. The van der Waals surface area contributed by atoms with Crippen molar-refractivity contribution in [3.05, 3.63) is 28.2 Å². The summed E-state index contributed by atoms with van der Waals surface area (Å²) in [5.74, 6) is -0.730. The predicted octanol–water partition coefficient (Wildman–Crippen LogP) is 4.97. The highest BCUT2D eigenvalue weighted by Crippen LogP contribution is 2.35.